The Morgan fingerprint density at radius 3 is 2.34 bits per heavy atom. The van der Waals surface area contributed by atoms with Gasteiger partial charge in [0, 0.05) is 30.8 Å². The fraction of sp³-hybridized carbons (Fsp3) is 0.475. The van der Waals surface area contributed by atoms with Gasteiger partial charge in [0.05, 0.1) is 42.8 Å². The minimum absolute atomic E-state index is 0.100. The second-order valence-electron chi connectivity index (χ2n) is 14.2. The molecule has 3 aliphatic heterocycles. The first-order valence-corrected chi connectivity index (χ1v) is 18.7. The van der Waals surface area contributed by atoms with Crippen molar-refractivity contribution in [2.24, 2.45) is 10.9 Å². The maximum absolute atomic E-state index is 15.7. The molecule has 3 aromatic rings. The highest BCUT2D eigenvalue weighted by atomic mass is 19.1. The lowest BCUT2D eigenvalue weighted by Gasteiger charge is -2.31. The summed E-state index contributed by atoms with van der Waals surface area (Å²) in [6.45, 7) is 12.6. The maximum atomic E-state index is 15.7. The van der Waals surface area contributed by atoms with E-state index >= 15 is 4.39 Å². The van der Waals surface area contributed by atoms with Gasteiger partial charge in [-0.25, -0.2) is 14.2 Å². The zero-order valence-corrected chi connectivity index (χ0v) is 31.5. The molecule has 2 saturated heterocycles. The molecule has 6 rings (SSSR count). The van der Waals surface area contributed by atoms with E-state index in [2.05, 4.69) is 49.1 Å². The van der Waals surface area contributed by atoms with Crippen molar-refractivity contribution in [2.75, 3.05) is 33.3 Å². The number of rotatable bonds is 11. The van der Waals surface area contributed by atoms with E-state index in [1.807, 2.05) is 62.2 Å². The first kappa shape index (κ1) is 37.7. The number of likely N-dealkylation sites (N-methyl/N-ethyl adjacent to an activating group) is 1. The molecular weight excluding hydrogens is 675 g/mol. The largest absolute Gasteiger partial charge is 0.451 e. The molecule has 0 aliphatic carbocycles. The number of amides is 3. The first-order valence-electron chi connectivity index (χ1n) is 18.7. The predicted molar refractivity (Wildman–Crippen MR) is 203 cm³/mol. The van der Waals surface area contributed by atoms with E-state index in [9.17, 15) is 14.4 Å². The highest BCUT2D eigenvalue weighted by Crippen LogP contribution is 2.34. The van der Waals surface area contributed by atoms with E-state index in [0.717, 1.165) is 61.2 Å². The Balaban J connectivity index is 1.10. The highest BCUT2D eigenvalue weighted by molar-refractivity contribution is 6.40. The van der Waals surface area contributed by atoms with Crippen LogP contribution in [-0.2, 0) is 14.3 Å². The van der Waals surface area contributed by atoms with Crippen LogP contribution in [0.4, 0.5) is 9.18 Å². The number of aliphatic imine (C=N–C) groups is 1. The van der Waals surface area contributed by atoms with E-state index in [0.29, 0.717) is 30.2 Å². The number of H-pyrrole nitrogens is 1. The zero-order chi connectivity index (χ0) is 37.8. The lowest BCUT2D eigenvalue weighted by Crippen LogP contribution is -2.53. The van der Waals surface area contributed by atoms with Crippen molar-refractivity contribution in [3.05, 3.63) is 72.1 Å². The van der Waals surface area contributed by atoms with Gasteiger partial charge in [-0.15, -0.1) is 0 Å². The zero-order valence-electron chi connectivity index (χ0n) is 31.5. The van der Waals surface area contributed by atoms with Crippen LogP contribution in [0.3, 0.4) is 0 Å². The average Bonchev–Trinajstić information content (AvgIpc) is 4.00. The molecule has 4 atom stereocenters. The molecule has 3 amide bonds. The Kier molecular flexibility index (Phi) is 11.6. The number of likely N-dealkylation sites (tertiary alicyclic amines) is 2. The van der Waals surface area contributed by atoms with Gasteiger partial charge in [-0.2, -0.15) is 4.99 Å². The number of benzene rings is 2. The number of carbonyl (C=O) groups is 3. The Hall–Kier alpha value is -5.04. The molecule has 3 N–H and O–H groups in total. The summed E-state index contributed by atoms with van der Waals surface area (Å²) in [5.41, 5.74) is 4.63. The van der Waals surface area contributed by atoms with Crippen LogP contribution in [0.15, 0.2) is 59.9 Å². The number of imidazole rings is 1. The van der Waals surface area contributed by atoms with Crippen molar-refractivity contribution in [1.82, 2.24) is 35.3 Å². The second kappa shape index (κ2) is 16.3. The molecule has 1 aromatic heterocycles. The summed E-state index contributed by atoms with van der Waals surface area (Å²) in [6, 6.07) is 12.6. The van der Waals surface area contributed by atoms with Crippen molar-refractivity contribution in [2.45, 2.75) is 84.6 Å². The summed E-state index contributed by atoms with van der Waals surface area (Å²) in [6.07, 6.45) is 5.94. The van der Waals surface area contributed by atoms with Gasteiger partial charge in [0.1, 0.15) is 23.5 Å². The molecule has 0 radical (unpaired) electrons. The van der Waals surface area contributed by atoms with Crippen LogP contribution in [0.1, 0.15) is 77.7 Å². The third-order valence-corrected chi connectivity index (χ3v) is 10.8. The van der Waals surface area contributed by atoms with Crippen LogP contribution in [-0.4, -0.2) is 99.8 Å². The molecule has 2 fully saturated rings. The molecule has 2 aromatic carbocycles. The van der Waals surface area contributed by atoms with E-state index in [-0.39, 0.29) is 53.6 Å². The van der Waals surface area contributed by atoms with Crippen LogP contribution in [0.25, 0.3) is 28.1 Å². The monoisotopic (exact) mass is 726 g/mol. The van der Waals surface area contributed by atoms with Crippen molar-refractivity contribution < 1.29 is 23.5 Å². The molecule has 13 heteroatoms. The fourth-order valence-corrected chi connectivity index (χ4v) is 7.78. The number of aromatic nitrogens is 2. The number of halogens is 1. The number of aromatic amines is 1. The number of nitrogens with zero attached hydrogens (tertiary/aromatic N) is 5. The quantitative estimate of drug-likeness (QED) is 0.207. The number of ether oxygens (including phenoxy) is 1. The molecular formula is C40H51FN8O4. The third-order valence-electron chi connectivity index (χ3n) is 10.8. The molecule has 0 saturated carbocycles. The van der Waals surface area contributed by atoms with E-state index in [1.54, 1.807) is 17.2 Å². The third kappa shape index (κ3) is 7.85. The number of nitrogens with one attached hydrogen (secondary N) is 3. The van der Waals surface area contributed by atoms with Crippen molar-refractivity contribution in [3.63, 3.8) is 0 Å². The van der Waals surface area contributed by atoms with Crippen LogP contribution in [0, 0.1) is 11.7 Å². The van der Waals surface area contributed by atoms with Gasteiger partial charge in [-0.1, -0.05) is 58.0 Å². The summed E-state index contributed by atoms with van der Waals surface area (Å²) in [4.78, 5) is 56.4. The van der Waals surface area contributed by atoms with Gasteiger partial charge < -0.3 is 30.2 Å². The standard InChI is InChI=1S/C40H51FN8O4/c1-7-47(8-2)25(5)38(50)48-19-9-11-33(48)37-43-23-32(45-37)29-18-17-28(21-30(29)41)26-13-15-27(16-14-26)31-22-42-36(44-31)34-12-10-20-49(34)39(51)35(24(3)4)46-40(52)53-6/h13-18,21-25,33-34,36,42,44H,7-12,19-20H2,1-6H3,(H,43,45)/t25-,33+,34+,36?/m1/s1. The Bertz CT molecular complexity index is 1870. The molecule has 3 aliphatic rings. The normalized spacial score (nSPS) is 20.8. The SMILES string of the molecule is CCN(CC)[C@H](C)C(=O)N1CCC[C@H]1c1ncc(-c2ccc(-c3ccc(C4=CNC([C@@H]5CCCN5C(=O)C(=NC(=O)OC)C(C)C)N4)cc3)cc2F)[nH]1. The van der Waals surface area contributed by atoms with Gasteiger partial charge in [0.2, 0.25) is 5.91 Å². The molecule has 4 heterocycles. The summed E-state index contributed by atoms with van der Waals surface area (Å²) in [5.74, 6) is -0.0723. The molecule has 53 heavy (non-hydrogen) atoms. The minimum Gasteiger partial charge on any atom is -0.451 e. The summed E-state index contributed by atoms with van der Waals surface area (Å²) in [5, 5.41) is 6.92. The lowest BCUT2D eigenvalue weighted by molar-refractivity contribution is -0.137. The van der Waals surface area contributed by atoms with E-state index in [4.69, 9.17) is 0 Å². The molecule has 0 spiro atoms. The molecule has 1 unspecified atom stereocenters. The topological polar surface area (TPSA) is 135 Å². The maximum Gasteiger partial charge on any atom is 0.433 e. The van der Waals surface area contributed by atoms with Crippen molar-refractivity contribution in [1.29, 1.82) is 0 Å². The molecule has 12 nitrogen and oxygen atoms in total. The Labute approximate surface area is 310 Å². The number of carbonyl (C=O) groups excluding carboxylic acids is 3. The van der Waals surface area contributed by atoms with Crippen molar-refractivity contribution in [3.8, 4) is 22.4 Å². The van der Waals surface area contributed by atoms with E-state index in [1.165, 1.54) is 13.2 Å². The lowest BCUT2D eigenvalue weighted by atomic mass is 10.0. The van der Waals surface area contributed by atoms with Crippen LogP contribution >= 0.6 is 0 Å². The first-order chi connectivity index (χ1) is 25.5. The van der Waals surface area contributed by atoms with Gasteiger partial charge in [-0.3, -0.25) is 14.5 Å². The molecule has 0 bridgehead atoms. The number of hydrogen-bond donors (Lipinski definition) is 3. The Morgan fingerprint density at radius 2 is 1.66 bits per heavy atom. The summed E-state index contributed by atoms with van der Waals surface area (Å²) < 4.78 is 20.3. The highest BCUT2D eigenvalue weighted by Gasteiger charge is 2.39. The van der Waals surface area contributed by atoms with E-state index < -0.39 is 6.09 Å². The minimum atomic E-state index is -0.783. The predicted octanol–water partition coefficient (Wildman–Crippen LogP) is 5.95. The summed E-state index contributed by atoms with van der Waals surface area (Å²) >= 11 is 0. The van der Waals surface area contributed by atoms with Crippen LogP contribution in [0.2, 0.25) is 0 Å². The Morgan fingerprint density at radius 1 is 0.981 bits per heavy atom. The fourth-order valence-electron chi connectivity index (χ4n) is 7.78. The average molecular weight is 727 g/mol. The van der Waals surface area contributed by atoms with Gasteiger partial charge in [0.15, 0.2) is 0 Å². The number of hydrogen-bond acceptors (Lipinski definition) is 8. The molecule has 282 valence electrons. The van der Waals surface area contributed by atoms with Gasteiger partial charge in [0.25, 0.3) is 5.91 Å². The summed E-state index contributed by atoms with van der Waals surface area (Å²) in [7, 11) is 1.25. The van der Waals surface area contributed by atoms with Crippen molar-refractivity contribution >= 4 is 29.3 Å². The van der Waals surface area contributed by atoms with Crippen LogP contribution < -0.4 is 10.6 Å². The smallest absolute Gasteiger partial charge is 0.433 e. The van der Waals surface area contributed by atoms with Gasteiger partial charge >= 0.3 is 6.09 Å². The van der Waals surface area contributed by atoms with Gasteiger partial charge in [-0.05, 0) is 74.5 Å². The number of methoxy groups -OCH3 is 1. The van der Waals surface area contributed by atoms with Crippen LogP contribution in [0.5, 0.6) is 0 Å². The second-order valence-corrected chi connectivity index (χ2v) is 14.2.